The molecular formula is C7H15BS. The molecule has 0 aromatic rings. The highest BCUT2D eigenvalue weighted by Gasteiger charge is 2.19. The summed E-state index contributed by atoms with van der Waals surface area (Å²) in [6.45, 7) is 0. The average Bonchev–Trinajstić information content (AvgIpc) is 1.78. The molecule has 0 aromatic heterocycles. The van der Waals surface area contributed by atoms with Crippen LogP contribution in [0.1, 0.15) is 12.8 Å². The summed E-state index contributed by atoms with van der Waals surface area (Å²) in [7, 11) is 5.57. The van der Waals surface area contributed by atoms with Crippen molar-refractivity contribution < 1.29 is 0 Å². The molecule has 1 aliphatic heterocycles. The molecule has 0 aliphatic carbocycles. The smallest absolute Gasteiger partial charge is 0.0700 e. The fraction of sp³-hybridized carbons (Fsp3) is 1.00. The molecule has 1 rings (SSSR count). The van der Waals surface area contributed by atoms with E-state index in [0.717, 1.165) is 0 Å². The van der Waals surface area contributed by atoms with Gasteiger partial charge in [0, 0.05) is 0 Å². The molecule has 0 bridgehead atoms. The molecule has 52 valence electrons. The Labute approximate surface area is 61.1 Å². The Hall–Kier alpha value is 0.415. The molecule has 1 fully saturated rings. The molecule has 2 radical (unpaired) electrons. The lowest BCUT2D eigenvalue weighted by Crippen LogP contribution is -2.16. The molecule has 0 amide bonds. The van der Waals surface area contributed by atoms with E-state index in [-0.39, 0.29) is 10.0 Å². The minimum atomic E-state index is -0.196. The van der Waals surface area contributed by atoms with Gasteiger partial charge in [-0.15, -0.1) is 0 Å². The van der Waals surface area contributed by atoms with Crippen LogP contribution in [0.2, 0.25) is 5.82 Å². The van der Waals surface area contributed by atoms with Crippen LogP contribution in [0.5, 0.6) is 0 Å². The summed E-state index contributed by atoms with van der Waals surface area (Å²) in [5.41, 5.74) is 0. The van der Waals surface area contributed by atoms with E-state index in [0.29, 0.717) is 5.82 Å². The summed E-state index contributed by atoms with van der Waals surface area (Å²) in [6.07, 6.45) is 7.36. The molecule has 2 heteroatoms. The standard InChI is InChI=1S/C7H15BS/c1-9(2)5-3-7(8)4-6-9/h7H,3-6H2,1-2H3. The molecule has 0 N–H and O–H groups in total. The van der Waals surface area contributed by atoms with Crippen molar-refractivity contribution in [2.75, 3.05) is 24.0 Å². The zero-order chi connectivity index (χ0) is 6.91. The maximum atomic E-state index is 5.77. The van der Waals surface area contributed by atoms with Crippen LogP contribution in [0.3, 0.4) is 0 Å². The summed E-state index contributed by atoms with van der Waals surface area (Å²) in [5.74, 6) is 3.31. The lowest BCUT2D eigenvalue weighted by molar-refractivity contribution is 0.753. The predicted molar refractivity (Wildman–Crippen MR) is 47.9 cm³/mol. The zero-order valence-corrected chi connectivity index (χ0v) is 7.21. The minimum Gasteiger partial charge on any atom is -0.247 e. The van der Waals surface area contributed by atoms with E-state index in [1.165, 1.54) is 24.3 Å². The third-order valence-corrected chi connectivity index (χ3v) is 4.76. The minimum absolute atomic E-state index is 0.196. The number of rotatable bonds is 0. The van der Waals surface area contributed by atoms with Crippen LogP contribution in [0.4, 0.5) is 0 Å². The number of hydrogen-bond donors (Lipinski definition) is 0. The summed E-state index contributed by atoms with van der Waals surface area (Å²) in [5, 5.41) is 0. The van der Waals surface area contributed by atoms with Crippen LogP contribution < -0.4 is 0 Å². The Kier molecular flexibility index (Phi) is 2.15. The summed E-state index contributed by atoms with van der Waals surface area (Å²) in [4.78, 5) is 0. The highest BCUT2D eigenvalue weighted by Crippen LogP contribution is 2.47. The van der Waals surface area contributed by atoms with Crippen LogP contribution in [0, 0.1) is 0 Å². The van der Waals surface area contributed by atoms with Gasteiger partial charge in [0.2, 0.25) is 0 Å². The van der Waals surface area contributed by atoms with Crippen molar-refractivity contribution in [3.63, 3.8) is 0 Å². The van der Waals surface area contributed by atoms with Gasteiger partial charge in [-0.3, -0.25) is 0 Å². The van der Waals surface area contributed by atoms with Gasteiger partial charge in [-0.2, -0.15) is 0 Å². The predicted octanol–water partition coefficient (Wildman–Crippen LogP) is 1.80. The molecule has 9 heavy (non-hydrogen) atoms. The first-order valence-electron chi connectivity index (χ1n) is 3.54. The zero-order valence-electron chi connectivity index (χ0n) is 6.39. The Morgan fingerprint density at radius 2 is 1.67 bits per heavy atom. The fourth-order valence-electron chi connectivity index (χ4n) is 1.19. The summed E-state index contributed by atoms with van der Waals surface area (Å²) in [6, 6.07) is 0. The SMILES string of the molecule is [B]C1CCS(C)(C)CC1. The van der Waals surface area contributed by atoms with Gasteiger partial charge in [0.25, 0.3) is 0 Å². The normalized spacial score (nSPS) is 31.8. The van der Waals surface area contributed by atoms with Gasteiger partial charge in [-0.25, -0.2) is 10.0 Å². The monoisotopic (exact) mass is 142 g/mol. The van der Waals surface area contributed by atoms with Crippen LogP contribution in [-0.2, 0) is 0 Å². The maximum Gasteiger partial charge on any atom is 0.0700 e. The van der Waals surface area contributed by atoms with Gasteiger partial charge in [0.1, 0.15) is 0 Å². The third-order valence-electron chi connectivity index (χ3n) is 2.08. The van der Waals surface area contributed by atoms with Gasteiger partial charge < -0.3 is 0 Å². The molecule has 0 saturated carbocycles. The topological polar surface area (TPSA) is 0 Å². The third kappa shape index (κ3) is 2.25. The van der Waals surface area contributed by atoms with Gasteiger partial charge in [-0.1, -0.05) is 18.7 Å². The molecule has 0 unspecified atom stereocenters. The van der Waals surface area contributed by atoms with Crippen molar-refractivity contribution >= 4 is 17.9 Å². The van der Waals surface area contributed by atoms with E-state index in [4.69, 9.17) is 7.85 Å². The quantitative estimate of drug-likeness (QED) is 0.452. The van der Waals surface area contributed by atoms with Gasteiger partial charge in [0.15, 0.2) is 0 Å². The second-order valence-corrected chi connectivity index (χ2v) is 7.86. The van der Waals surface area contributed by atoms with E-state index in [2.05, 4.69) is 12.5 Å². The second-order valence-electron chi connectivity index (χ2n) is 3.51. The van der Waals surface area contributed by atoms with Crippen LogP contribution >= 0.6 is 10.0 Å². The van der Waals surface area contributed by atoms with Gasteiger partial charge >= 0.3 is 0 Å². The first kappa shape index (κ1) is 7.52. The van der Waals surface area contributed by atoms with E-state index in [1.807, 2.05) is 0 Å². The Morgan fingerprint density at radius 3 is 2.00 bits per heavy atom. The van der Waals surface area contributed by atoms with Crippen LogP contribution in [0.25, 0.3) is 0 Å². The van der Waals surface area contributed by atoms with E-state index < -0.39 is 0 Å². The summed E-state index contributed by atoms with van der Waals surface area (Å²) < 4.78 is 0. The Morgan fingerprint density at radius 1 is 1.22 bits per heavy atom. The number of hydrogen-bond acceptors (Lipinski definition) is 0. The van der Waals surface area contributed by atoms with Crippen molar-refractivity contribution in [3.05, 3.63) is 0 Å². The van der Waals surface area contributed by atoms with Crippen molar-refractivity contribution in [2.45, 2.75) is 18.7 Å². The van der Waals surface area contributed by atoms with Crippen LogP contribution in [0.15, 0.2) is 0 Å². The first-order chi connectivity index (χ1) is 4.10. The molecule has 1 heterocycles. The Bertz CT molecular complexity index is 91.1. The lowest BCUT2D eigenvalue weighted by atomic mass is 9.83. The maximum absolute atomic E-state index is 5.77. The molecule has 1 saturated heterocycles. The van der Waals surface area contributed by atoms with Crippen molar-refractivity contribution in [3.8, 4) is 0 Å². The van der Waals surface area contributed by atoms with Crippen LogP contribution in [-0.4, -0.2) is 31.9 Å². The fourth-order valence-corrected chi connectivity index (χ4v) is 3.27. The molecule has 0 nitrogen and oxygen atoms in total. The largest absolute Gasteiger partial charge is 0.247 e. The second kappa shape index (κ2) is 2.57. The summed E-state index contributed by atoms with van der Waals surface area (Å²) >= 11 is 0. The van der Waals surface area contributed by atoms with Crippen molar-refractivity contribution in [1.29, 1.82) is 0 Å². The van der Waals surface area contributed by atoms with E-state index in [9.17, 15) is 0 Å². The molecule has 0 spiro atoms. The molecule has 1 aliphatic rings. The highest BCUT2D eigenvalue weighted by molar-refractivity contribution is 8.32. The van der Waals surface area contributed by atoms with Gasteiger partial charge in [0.05, 0.1) is 7.85 Å². The Balaban J connectivity index is 2.35. The average molecular weight is 142 g/mol. The van der Waals surface area contributed by atoms with Gasteiger partial charge in [-0.05, 0) is 24.0 Å². The van der Waals surface area contributed by atoms with Crippen molar-refractivity contribution in [2.24, 2.45) is 0 Å². The highest BCUT2D eigenvalue weighted by atomic mass is 32.3. The van der Waals surface area contributed by atoms with Crippen molar-refractivity contribution in [1.82, 2.24) is 0 Å². The molecule has 0 aromatic carbocycles. The lowest BCUT2D eigenvalue weighted by Gasteiger charge is -2.38. The first-order valence-corrected chi connectivity index (χ1v) is 6.33. The molecular weight excluding hydrogens is 127 g/mol. The van der Waals surface area contributed by atoms with E-state index in [1.54, 1.807) is 0 Å². The van der Waals surface area contributed by atoms with E-state index >= 15 is 0 Å². The molecule has 0 atom stereocenters.